The zero-order valence-electron chi connectivity index (χ0n) is 11.4. The lowest BCUT2D eigenvalue weighted by molar-refractivity contribution is 0.0684. The molecule has 0 N–H and O–H groups in total. The van der Waals surface area contributed by atoms with E-state index in [-0.39, 0.29) is 0 Å². The number of nitrogens with zero attached hydrogens (tertiary/aromatic N) is 2. The number of thiazole rings is 1. The smallest absolute Gasteiger partial charge is 0.1000 e. The number of hydrogen-bond donors (Lipinski definition) is 0. The van der Waals surface area contributed by atoms with Crippen LogP contribution in [-0.2, 0) is 11.2 Å². The monoisotopic (exact) mass is 338 g/mol. The Morgan fingerprint density at radius 1 is 1.29 bits per heavy atom. The second-order valence-corrected chi connectivity index (χ2v) is 6.65. The molecule has 2 heterocycles. The number of rotatable bonds is 3. The zero-order chi connectivity index (χ0) is 14.7. The van der Waals surface area contributed by atoms with Crippen LogP contribution in [0.5, 0.6) is 0 Å². The first kappa shape index (κ1) is 14.9. The molecule has 0 aliphatic carbocycles. The summed E-state index contributed by atoms with van der Waals surface area (Å²) in [5, 5.41) is 3.86. The average Bonchev–Trinajstić information content (AvgIpc) is 2.97. The molecule has 0 radical (unpaired) electrons. The van der Waals surface area contributed by atoms with Gasteiger partial charge in [0, 0.05) is 29.1 Å². The average molecular weight is 339 g/mol. The molecule has 1 aromatic heterocycles. The summed E-state index contributed by atoms with van der Waals surface area (Å²) in [4.78, 5) is 7.84. The van der Waals surface area contributed by atoms with E-state index in [0.717, 1.165) is 59.0 Å². The van der Waals surface area contributed by atoms with Gasteiger partial charge in [0.05, 0.1) is 35.3 Å². The first-order valence-corrected chi connectivity index (χ1v) is 8.45. The minimum Gasteiger partial charge on any atom is -0.378 e. The van der Waals surface area contributed by atoms with Gasteiger partial charge in [-0.15, -0.1) is 11.3 Å². The fourth-order valence-electron chi connectivity index (χ4n) is 2.20. The SMILES string of the molecule is S=C(Cc1nc(-c2ccc(Cl)cc2)cs1)N1CCOCC1. The van der Waals surface area contributed by atoms with Crippen molar-refractivity contribution in [3.63, 3.8) is 0 Å². The summed E-state index contributed by atoms with van der Waals surface area (Å²) < 4.78 is 5.35. The molecule has 3 rings (SSSR count). The van der Waals surface area contributed by atoms with E-state index in [2.05, 4.69) is 15.3 Å². The third kappa shape index (κ3) is 3.80. The standard InChI is InChI=1S/C15H15ClN2OS2/c16-12-3-1-11(2-4-12)13-10-21-14(17-13)9-15(20)18-5-7-19-8-6-18/h1-4,10H,5-9H2. The van der Waals surface area contributed by atoms with Gasteiger partial charge >= 0.3 is 0 Å². The Hall–Kier alpha value is -1.01. The number of thiocarbonyl (C=S) groups is 1. The normalized spacial score (nSPS) is 15.2. The van der Waals surface area contributed by atoms with Crippen molar-refractivity contribution < 1.29 is 4.74 Å². The summed E-state index contributed by atoms with van der Waals surface area (Å²) in [7, 11) is 0. The highest BCUT2D eigenvalue weighted by Gasteiger charge is 2.15. The lowest BCUT2D eigenvalue weighted by Gasteiger charge is -2.28. The van der Waals surface area contributed by atoms with Crippen LogP contribution in [0.25, 0.3) is 11.3 Å². The van der Waals surface area contributed by atoms with Crippen LogP contribution in [0.15, 0.2) is 29.6 Å². The Balaban J connectivity index is 1.67. The number of halogens is 1. The van der Waals surface area contributed by atoms with Gasteiger partial charge in [0.25, 0.3) is 0 Å². The lowest BCUT2D eigenvalue weighted by Crippen LogP contribution is -2.40. The third-order valence-corrected chi connectivity index (χ3v) is 4.86. The van der Waals surface area contributed by atoms with Gasteiger partial charge in [0.1, 0.15) is 0 Å². The quantitative estimate of drug-likeness (QED) is 0.797. The molecular formula is C15H15ClN2OS2. The van der Waals surface area contributed by atoms with E-state index >= 15 is 0 Å². The second-order valence-electron chi connectivity index (χ2n) is 4.80. The van der Waals surface area contributed by atoms with Crippen LogP contribution in [-0.4, -0.2) is 41.2 Å². The molecule has 0 bridgehead atoms. The van der Waals surface area contributed by atoms with Crippen molar-refractivity contribution in [3.05, 3.63) is 39.7 Å². The van der Waals surface area contributed by atoms with Gasteiger partial charge in [-0.3, -0.25) is 0 Å². The second kappa shape index (κ2) is 6.83. The van der Waals surface area contributed by atoms with Crippen molar-refractivity contribution in [2.45, 2.75) is 6.42 Å². The molecule has 1 aliphatic rings. The van der Waals surface area contributed by atoms with Gasteiger partial charge in [-0.2, -0.15) is 0 Å². The summed E-state index contributed by atoms with van der Waals surface area (Å²) in [5.41, 5.74) is 2.07. The Kier molecular flexibility index (Phi) is 4.85. The maximum atomic E-state index is 5.91. The molecule has 0 amide bonds. The van der Waals surface area contributed by atoms with E-state index in [1.165, 1.54) is 0 Å². The van der Waals surface area contributed by atoms with Gasteiger partial charge in [-0.25, -0.2) is 4.98 Å². The van der Waals surface area contributed by atoms with Crippen LogP contribution < -0.4 is 0 Å². The Labute approximate surface area is 138 Å². The number of aromatic nitrogens is 1. The fourth-order valence-corrected chi connectivity index (χ4v) is 3.54. The molecule has 110 valence electrons. The van der Waals surface area contributed by atoms with E-state index in [0.29, 0.717) is 0 Å². The molecule has 1 aliphatic heterocycles. The number of hydrogen-bond acceptors (Lipinski definition) is 4. The van der Waals surface area contributed by atoms with Gasteiger partial charge in [0.2, 0.25) is 0 Å². The van der Waals surface area contributed by atoms with Crippen LogP contribution in [0, 0.1) is 0 Å². The summed E-state index contributed by atoms with van der Waals surface area (Å²) in [6.07, 6.45) is 0.730. The van der Waals surface area contributed by atoms with Crippen LogP contribution in [0.3, 0.4) is 0 Å². The van der Waals surface area contributed by atoms with Crippen molar-refractivity contribution in [1.82, 2.24) is 9.88 Å². The van der Waals surface area contributed by atoms with Gasteiger partial charge in [-0.1, -0.05) is 36.0 Å². The van der Waals surface area contributed by atoms with Crippen LogP contribution >= 0.6 is 35.2 Å². The highest BCUT2D eigenvalue weighted by molar-refractivity contribution is 7.80. The van der Waals surface area contributed by atoms with E-state index in [4.69, 9.17) is 28.6 Å². The zero-order valence-corrected chi connectivity index (χ0v) is 13.8. The first-order valence-electron chi connectivity index (χ1n) is 6.78. The van der Waals surface area contributed by atoms with Gasteiger partial charge < -0.3 is 9.64 Å². The summed E-state index contributed by atoms with van der Waals surface area (Å²) in [6.45, 7) is 3.28. The molecule has 0 saturated carbocycles. The predicted octanol–water partition coefficient (Wildman–Crippen LogP) is 3.67. The molecule has 0 spiro atoms. The molecular weight excluding hydrogens is 324 g/mol. The summed E-state index contributed by atoms with van der Waals surface area (Å²) in [5.74, 6) is 0. The lowest BCUT2D eigenvalue weighted by atomic mass is 10.2. The highest BCUT2D eigenvalue weighted by atomic mass is 35.5. The van der Waals surface area contributed by atoms with E-state index < -0.39 is 0 Å². The fraction of sp³-hybridized carbons (Fsp3) is 0.333. The molecule has 0 atom stereocenters. The molecule has 1 fully saturated rings. The Bertz CT molecular complexity index is 621. The number of benzene rings is 1. The molecule has 6 heteroatoms. The van der Waals surface area contributed by atoms with Gasteiger partial charge in [0.15, 0.2) is 0 Å². The van der Waals surface area contributed by atoms with Crippen LogP contribution in [0.4, 0.5) is 0 Å². The highest BCUT2D eigenvalue weighted by Crippen LogP contribution is 2.24. The van der Waals surface area contributed by atoms with Crippen molar-refractivity contribution in [3.8, 4) is 11.3 Å². The molecule has 0 unspecified atom stereocenters. The van der Waals surface area contributed by atoms with Crippen molar-refractivity contribution in [2.24, 2.45) is 0 Å². The Morgan fingerprint density at radius 3 is 2.71 bits per heavy atom. The summed E-state index contributed by atoms with van der Waals surface area (Å²) in [6, 6.07) is 7.74. The van der Waals surface area contributed by atoms with Crippen LogP contribution in [0.2, 0.25) is 5.02 Å². The predicted molar refractivity (Wildman–Crippen MR) is 91.3 cm³/mol. The van der Waals surface area contributed by atoms with E-state index in [1.54, 1.807) is 11.3 Å². The molecule has 2 aromatic rings. The van der Waals surface area contributed by atoms with E-state index in [1.807, 2.05) is 24.3 Å². The number of morpholine rings is 1. The minimum absolute atomic E-state index is 0.730. The topological polar surface area (TPSA) is 25.4 Å². The Morgan fingerprint density at radius 2 is 2.00 bits per heavy atom. The van der Waals surface area contributed by atoms with Crippen LogP contribution in [0.1, 0.15) is 5.01 Å². The largest absolute Gasteiger partial charge is 0.378 e. The third-order valence-electron chi connectivity index (χ3n) is 3.36. The molecule has 21 heavy (non-hydrogen) atoms. The van der Waals surface area contributed by atoms with E-state index in [9.17, 15) is 0 Å². The number of ether oxygens (including phenoxy) is 1. The van der Waals surface area contributed by atoms with Crippen molar-refractivity contribution in [1.29, 1.82) is 0 Å². The molecule has 1 saturated heterocycles. The molecule has 3 nitrogen and oxygen atoms in total. The van der Waals surface area contributed by atoms with Crippen molar-refractivity contribution in [2.75, 3.05) is 26.3 Å². The minimum atomic E-state index is 0.730. The summed E-state index contributed by atoms with van der Waals surface area (Å²) >= 11 is 13.1. The molecule has 1 aromatic carbocycles. The first-order chi connectivity index (χ1) is 10.2. The van der Waals surface area contributed by atoms with Gasteiger partial charge in [-0.05, 0) is 12.1 Å². The van der Waals surface area contributed by atoms with Crippen molar-refractivity contribution >= 4 is 40.1 Å². The maximum absolute atomic E-state index is 5.91. The maximum Gasteiger partial charge on any atom is 0.1000 e.